The van der Waals surface area contributed by atoms with Gasteiger partial charge in [-0.3, -0.25) is 4.99 Å². The van der Waals surface area contributed by atoms with Crippen molar-refractivity contribution in [1.29, 1.82) is 0 Å². The molecule has 6 nitrogen and oxygen atoms in total. The number of aromatic nitrogens is 2. The molecule has 3 rings (SSSR count). The quantitative estimate of drug-likeness (QED) is 0.386. The second-order valence-corrected chi connectivity index (χ2v) is 8.89. The molecule has 6 heteroatoms. The fourth-order valence-corrected chi connectivity index (χ4v) is 4.21. The molecule has 1 saturated carbocycles. The van der Waals surface area contributed by atoms with Gasteiger partial charge in [-0.05, 0) is 49.3 Å². The van der Waals surface area contributed by atoms with Gasteiger partial charge in [0, 0.05) is 62.5 Å². The third-order valence-electron chi connectivity index (χ3n) is 5.90. The van der Waals surface area contributed by atoms with Gasteiger partial charge in [0.2, 0.25) is 0 Å². The summed E-state index contributed by atoms with van der Waals surface area (Å²) in [6.07, 6.45) is 14.0. The smallest absolute Gasteiger partial charge is 0.161 e. The Balaban J connectivity index is 2.03. The maximum atomic E-state index is 9.92. The first-order chi connectivity index (χ1) is 16.4. The molecular formula is C28H37N5O. The summed E-state index contributed by atoms with van der Waals surface area (Å²) in [5.74, 6) is 1.48. The van der Waals surface area contributed by atoms with Crippen LogP contribution in [0.25, 0.3) is 22.5 Å². The van der Waals surface area contributed by atoms with Gasteiger partial charge in [-0.15, -0.1) is 0 Å². The van der Waals surface area contributed by atoms with Gasteiger partial charge in [-0.25, -0.2) is 9.97 Å². The zero-order valence-electron chi connectivity index (χ0n) is 20.8. The topological polar surface area (TPSA) is 73.6 Å². The number of aliphatic imine (C=N–C) groups is 1. The lowest BCUT2D eigenvalue weighted by Gasteiger charge is -2.27. The second kappa shape index (κ2) is 12.3. The molecule has 0 bridgehead atoms. The molecule has 0 atom stereocenters. The fourth-order valence-electron chi connectivity index (χ4n) is 4.21. The van der Waals surface area contributed by atoms with Crippen LogP contribution in [0.3, 0.4) is 0 Å². The number of benzene rings is 1. The summed E-state index contributed by atoms with van der Waals surface area (Å²) in [4.78, 5) is 16.0. The highest BCUT2D eigenvalue weighted by Crippen LogP contribution is 2.29. The minimum atomic E-state index is -0.196. The Morgan fingerprint density at radius 3 is 2.65 bits per heavy atom. The maximum Gasteiger partial charge on any atom is 0.161 e. The summed E-state index contributed by atoms with van der Waals surface area (Å²) in [7, 11) is 5.77. The molecule has 1 aromatic heterocycles. The lowest BCUT2D eigenvalue weighted by Crippen LogP contribution is -2.29. The Kier molecular flexibility index (Phi) is 9.16. The predicted octanol–water partition coefficient (Wildman–Crippen LogP) is 5.44. The Bertz CT molecular complexity index is 1060. The van der Waals surface area contributed by atoms with Gasteiger partial charge in [0.05, 0.1) is 6.10 Å². The highest BCUT2D eigenvalue weighted by atomic mass is 16.3. The predicted molar refractivity (Wildman–Crippen MR) is 144 cm³/mol. The van der Waals surface area contributed by atoms with E-state index < -0.39 is 0 Å². The lowest BCUT2D eigenvalue weighted by atomic mass is 9.93. The Labute approximate surface area is 203 Å². The lowest BCUT2D eigenvalue weighted by molar-refractivity contribution is 0.126. The molecule has 0 unspecified atom stereocenters. The Morgan fingerprint density at radius 2 is 2.00 bits per heavy atom. The molecule has 34 heavy (non-hydrogen) atoms. The van der Waals surface area contributed by atoms with Crippen molar-refractivity contribution >= 4 is 23.2 Å². The molecule has 0 spiro atoms. The Hall–Kier alpha value is -3.25. The van der Waals surface area contributed by atoms with Gasteiger partial charge >= 0.3 is 0 Å². The summed E-state index contributed by atoms with van der Waals surface area (Å²) in [5, 5.41) is 13.6. The van der Waals surface area contributed by atoms with E-state index in [0.717, 1.165) is 65.8 Å². The first-order valence-corrected chi connectivity index (χ1v) is 12.0. The van der Waals surface area contributed by atoms with Crippen molar-refractivity contribution in [3.63, 3.8) is 0 Å². The number of hydrogen-bond donors (Lipinski definition) is 2. The molecular weight excluding hydrogens is 422 g/mol. The molecule has 0 saturated heterocycles. The van der Waals surface area contributed by atoms with E-state index in [-0.39, 0.29) is 12.1 Å². The van der Waals surface area contributed by atoms with Crippen molar-refractivity contribution in [1.82, 2.24) is 14.9 Å². The van der Waals surface area contributed by atoms with Gasteiger partial charge in [0.15, 0.2) is 5.82 Å². The van der Waals surface area contributed by atoms with Crippen molar-refractivity contribution in [3.05, 3.63) is 66.5 Å². The summed E-state index contributed by atoms with van der Waals surface area (Å²) in [6.45, 7) is 6.08. The van der Waals surface area contributed by atoms with E-state index in [1.54, 1.807) is 7.05 Å². The molecule has 0 radical (unpaired) electrons. The Morgan fingerprint density at radius 1 is 1.24 bits per heavy atom. The molecule has 1 aliphatic rings. The minimum Gasteiger partial charge on any atom is -0.393 e. The highest BCUT2D eigenvalue weighted by Gasteiger charge is 2.21. The molecule has 180 valence electrons. The third kappa shape index (κ3) is 6.64. The number of rotatable bonds is 9. The van der Waals surface area contributed by atoms with Crippen molar-refractivity contribution in [2.24, 2.45) is 4.99 Å². The molecule has 1 aliphatic carbocycles. The average molecular weight is 460 g/mol. The van der Waals surface area contributed by atoms with Crippen LogP contribution in [0, 0.1) is 0 Å². The molecule has 1 heterocycles. The third-order valence-corrected chi connectivity index (χ3v) is 5.90. The number of allylic oxidation sites excluding steroid dienone is 4. The number of aliphatic hydroxyl groups is 1. The highest BCUT2D eigenvalue weighted by molar-refractivity contribution is 6.11. The van der Waals surface area contributed by atoms with E-state index in [0.29, 0.717) is 5.82 Å². The van der Waals surface area contributed by atoms with Crippen LogP contribution in [0.2, 0.25) is 0 Å². The molecule has 1 aromatic carbocycles. The summed E-state index contributed by atoms with van der Waals surface area (Å²) in [5.41, 5.74) is 5.00. The number of nitrogens with zero attached hydrogens (tertiary/aromatic N) is 4. The van der Waals surface area contributed by atoms with Crippen LogP contribution in [-0.2, 0) is 0 Å². The molecule has 1 fully saturated rings. The molecule has 0 aliphatic heterocycles. The largest absolute Gasteiger partial charge is 0.393 e. The van der Waals surface area contributed by atoms with Gasteiger partial charge in [-0.1, -0.05) is 43.9 Å². The molecule has 0 amide bonds. The van der Waals surface area contributed by atoms with Crippen LogP contribution in [0.1, 0.15) is 50.2 Å². The van der Waals surface area contributed by atoms with E-state index >= 15 is 0 Å². The SMILES string of the molecule is C=C/C(=C\N(C)C)c1cccc(-c2ncc(/C(C=NC)=C/CC)c(NC3CCC(O)CC3)n2)c1. The minimum absolute atomic E-state index is 0.196. The molecule has 2 aromatic rings. The summed E-state index contributed by atoms with van der Waals surface area (Å²) < 4.78 is 0. The van der Waals surface area contributed by atoms with Gasteiger partial charge < -0.3 is 15.3 Å². The number of anilines is 1. The van der Waals surface area contributed by atoms with Crippen LogP contribution in [0.5, 0.6) is 0 Å². The van der Waals surface area contributed by atoms with E-state index in [1.165, 1.54) is 0 Å². The standard InChI is InChI=1S/C28H37N5O/c1-6-9-23(17-29-3)26-18-30-27(32-28(26)31-24-12-14-25(34)15-13-24)22-11-8-10-21(16-22)20(7-2)19-33(4)5/h7-11,16-19,24-25,34H,2,6,12-15H2,1,3-5H3,(H,30,31,32)/b20-19+,23-9+,29-17?. The summed E-state index contributed by atoms with van der Waals surface area (Å²) >= 11 is 0. The van der Waals surface area contributed by atoms with Crippen molar-refractivity contribution < 1.29 is 5.11 Å². The fraction of sp³-hybridized carbons (Fsp3) is 0.393. The molecule has 2 N–H and O–H groups in total. The number of nitrogens with one attached hydrogen (secondary N) is 1. The van der Waals surface area contributed by atoms with E-state index in [1.807, 2.05) is 55.8 Å². The van der Waals surface area contributed by atoms with Crippen molar-refractivity contribution in [2.45, 2.75) is 51.2 Å². The zero-order chi connectivity index (χ0) is 24.5. The van der Waals surface area contributed by atoms with Crippen LogP contribution >= 0.6 is 0 Å². The first-order valence-electron chi connectivity index (χ1n) is 12.0. The summed E-state index contributed by atoms with van der Waals surface area (Å²) in [6, 6.07) is 8.50. The zero-order valence-corrected chi connectivity index (χ0v) is 20.8. The van der Waals surface area contributed by atoms with Crippen LogP contribution in [-0.4, -0.2) is 59.5 Å². The van der Waals surface area contributed by atoms with Crippen molar-refractivity contribution in [2.75, 3.05) is 26.5 Å². The first kappa shape index (κ1) is 25.4. The monoisotopic (exact) mass is 459 g/mol. The second-order valence-electron chi connectivity index (χ2n) is 8.89. The average Bonchev–Trinajstić information content (AvgIpc) is 2.84. The van der Waals surface area contributed by atoms with E-state index in [9.17, 15) is 5.11 Å². The van der Waals surface area contributed by atoms with Crippen LogP contribution < -0.4 is 5.32 Å². The number of hydrogen-bond acceptors (Lipinski definition) is 6. The normalized spacial score (nSPS) is 19.3. The van der Waals surface area contributed by atoms with Crippen LogP contribution in [0.15, 0.2) is 60.4 Å². The maximum absolute atomic E-state index is 9.92. The van der Waals surface area contributed by atoms with Gasteiger partial charge in [0.1, 0.15) is 5.82 Å². The van der Waals surface area contributed by atoms with E-state index in [2.05, 4.69) is 42.0 Å². The van der Waals surface area contributed by atoms with Gasteiger partial charge in [-0.2, -0.15) is 0 Å². The van der Waals surface area contributed by atoms with Gasteiger partial charge in [0.25, 0.3) is 0 Å². The number of aliphatic hydroxyl groups excluding tert-OH is 1. The van der Waals surface area contributed by atoms with Crippen LogP contribution in [0.4, 0.5) is 5.82 Å². The van der Waals surface area contributed by atoms with E-state index in [4.69, 9.17) is 9.97 Å². The van der Waals surface area contributed by atoms with Crippen molar-refractivity contribution in [3.8, 4) is 11.4 Å².